The second kappa shape index (κ2) is 5.67. The Balaban J connectivity index is 3.88. The number of rotatable bonds is 1. The van der Waals surface area contributed by atoms with Gasteiger partial charge in [-0.1, -0.05) is 0 Å². The SMILES string of the molecule is N#C[S+]=C=NN=C=O. The van der Waals surface area contributed by atoms with Crippen LogP contribution in [0.5, 0.6) is 0 Å². The van der Waals surface area contributed by atoms with Crippen LogP contribution in [0.25, 0.3) is 0 Å². The van der Waals surface area contributed by atoms with Crippen LogP contribution in [0.1, 0.15) is 0 Å². The van der Waals surface area contributed by atoms with Crippen LogP contribution in [-0.2, 0) is 16.1 Å². The molecule has 0 aliphatic carbocycles. The van der Waals surface area contributed by atoms with Gasteiger partial charge in [0.2, 0.25) is 0 Å². The zero-order chi connectivity index (χ0) is 6.24. The molecule has 0 aromatic heterocycles. The van der Waals surface area contributed by atoms with Crippen molar-refractivity contribution in [3.05, 3.63) is 0 Å². The van der Waals surface area contributed by atoms with E-state index in [1.807, 2.05) is 0 Å². The smallest absolute Gasteiger partial charge is 0.209 e. The summed E-state index contributed by atoms with van der Waals surface area (Å²) in [6.07, 6.45) is 1.15. The lowest BCUT2D eigenvalue weighted by molar-refractivity contribution is 0.563. The van der Waals surface area contributed by atoms with E-state index in [0.717, 1.165) is 6.08 Å². The highest BCUT2D eigenvalue weighted by atomic mass is 32.1. The Morgan fingerprint density at radius 3 is 2.75 bits per heavy atom. The maximum absolute atomic E-state index is 9.25. The van der Waals surface area contributed by atoms with Crippen molar-refractivity contribution in [3.8, 4) is 5.40 Å². The summed E-state index contributed by atoms with van der Waals surface area (Å²) in [4.78, 5) is 9.25. The Bertz CT molecular complexity index is 203. The molecule has 0 amide bonds. The van der Waals surface area contributed by atoms with Crippen molar-refractivity contribution in [3.63, 3.8) is 0 Å². The van der Waals surface area contributed by atoms with E-state index in [1.54, 1.807) is 5.40 Å². The first-order chi connectivity index (χ1) is 3.91. The second-order valence-electron chi connectivity index (χ2n) is 0.576. The average molecular weight is 126 g/mol. The highest BCUT2D eigenvalue weighted by Gasteiger charge is 1.77. The van der Waals surface area contributed by atoms with Gasteiger partial charge in [0.25, 0.3) is 6.08 Å². The molecular weight excluding hydrogens is 126 g/mol. The first kappa shape index (κ1) is 6.67. The molecule has 0 unspecified atom stereocenters. The molecule has 0 aliphatic rings. The average Bonchev–Trinajstić information content (AvgIpc) is 1.81. The molecule has 0 fully saturated rings. The maximum atomic E-state index is 9.25. The quantitative estimate of drug-likeness (QED) is 0.121. The van der Waals surface area contributed by atoms with E-state index in [1.165, 1.54) is 0 Å². The third-order valence-corrected chi connectivity index (χ3v) is 0.487. The summed E-state index contributed by atoms with van der Waals surface area (Å²) in [5, 5.41) is 17.3. The van der Waals surface area contributed by atoms with Crippen LogP contribution in [-0.4, -0.2) is 11.2 Å². The van der Waals surface area contributed by atoms with Crippen molar-refractivity contribution in [1.29, 1.82) is 5.26 Å². The summed E-state index contributed by atoms with van der Waals surface area (Å²) in [7, 11) is 0. The summed E-state index contributed by atoms with van der Waals surface area (Å²) in [5.41, 5.74) is 0. The molecule has 0 heterocycles. The van der Waals surface area contributed by atoms with E-state index in [0.29, 0.717) is 11.4 Å². The van der Waals surface area contributed by atoms with Crippen molar-refractivity contribution in [1.82, 2.24) is 0 Å². The molecule has 0 radical (unpaired) electrons. The molecule has 8 heavy (non-hydrogen) atoms. The Hall–Kier alpha value is -1.33. The van der Waals surface area contributed by atoms with Crippen LogP contribution < -0.4 is 0 Å². The van der Waals surface area contributed by atoms with Gasteiger partial charge in [-0.2, -0.15) is 0 Å². The van der Waals surface area contributed by atoms with Crippen LogP contribution in [0.2, 0.25) is 0 Å². The van der Waals surface area contributed by atoms with Crippen molar-refractivity contribution >= 4 is 22.6 Å². The van der Waals surface area contributed by atoms with Gasteiger partial charge in [0.1, 0.15) is 0 Å². The Morgan fingerprint density at radius 1 is 1.50 bits per heavy atom. The highest BCUT2D eigenvalue weighted by molar-refractivity contribution is 7.81. The minimum absolute atomic E-state index is 0.664. The molecule has 0 N–H and O–H groups in total. The van der Waals surface area contributed by atoms with Gasteiger partial charge < -0.3 is 0 Å². The lowest BCUT2D eigenvalue weighted by Crippen LogP contribution is -1.53. The number of hydrogen-bond donors (Lipinski definition) is 0. The van der Waals surface area contributed by atoms with Crippen LogP contribution in [0.4, 0.5) is 0 Å². The molecule has 0 aromatic carbocycles. The number of thiocyanates is 1. The van der Waals surface area contributed by atoms with Gasteiger partial charge in [-0.15, -0.1) is 5.26 Å². The van der Waals surface area contributed by atoms with Crippen molar-refractivity contribution in [2.45, 2.75) is 0 Å². The highest BCUT2D eigenvalue weighted by Crippen LogP contribution is 1.56. The molecular formula is C3N3OS+. The number of carbonyl (C=O) groups excluding carboxylic acids is 1. The number of isothiocyanates is 1. The van der Waals surface area contributed by atoms with Gasteiger partial charge in [-0.3, -0.25) is 0 Å². The molecule has 0 saturated carbocycles. The normalized spacial score (nSPS) is 4.88. The summed E-state index contributed by atoms with van der Waals surface area (Å²) in [6, 6.07) is 0. The number of isocyanates is 1. The minimum atomic E-state index is 0.664. The summed E-state index contributed by atoms with van der Waals surface area (Å²) < 4.78 is 0. The lowest BCUT2D eigenvalue weighted by Gasteiger charge is -1.42. The van der Waals surface area contributed by atoms with E-state index in [-0.39, 0.29) is 0 Å². The van der Waals surface area contributed by atoms with Gasteiger partial charge >= 0.3 is 21.9 Å². The third kappa shape index (κ3) is 4.67. The Labute approximate surface area is 49.1 Å². The summed E-state index contributed by atoms with van der Waals surface area (Å²) >= 11 is 0.664. The zero-order valence-electron chi connectivity index (χ0n) is 3.66. The minimum Gasteiger partial charge on any atom is -0.209 e. The molecule has 0 atom stereocenters. The molecule has 38 valence electrons. The van der Waals surface area contributed by atoms with E-state index >= 15 is 0 Å². The first-order valence-corrected chi connectivity index (χ1v) is 2.30. The summed E-state index contributed by atoms with van der Waals surface area (Å²) in [5.74, 6) is 0. The summed E-state index contributed by atoms with van der Waals surface area (Å²) in [6.45, 7) is 0. The molecule has 4 nitrogen and oxygen atoms in total. The zero-order valence-corrected chi connectivity index (χ0v) is 4.47. The topological polar surface area (TPSA) is 65.6 Å². The van der Waals surface area contributed by atoms with Crippen LogP contribution >= 0.6 is 0 Å². The predicted molar refractivity (Wildman–Crippen MR) is 28.5 cm³/mol. The van der Waals surface area contributed by atoms with Crippen LogP contribution in [0, 0.1) is 10.7 Å². The fourth-order valence-corrected chi connectivity index (χ4v) is 0.204. The molecule has 5 heteroatoms. The molecule has 0 bridgehead atoms. The second-order valence-corrected chi connectivity index (χ2v) is 1.15. The van der Waals surface area contributed by atoms with E-state index in [2.05, 4.69) is 15.4 Å². The lowest BCUT2D eigenvalue weighted by atomic mass is 11.6. The van der Waals surface area contributed by atoms with Crippen molar-refractivity contribution in [2.75, 3.05) is 0 Å². The van der Waals surface area contributed by atoms with Crippen LogP contribution in [0.15, 0.2) is 10.2 Å². The van der Waals surface area contributed by atoms with E-state index in [9.17, 15) is 4.79 Å². The Kier molecular flexibility index (Phi) is 4.73. The Morgan fingerprint density at radius 2 is 2.25 bits per heavy atom. The third-order valence-electron chi connectivity index (χ3n) is 0.223. The molecule has 0 spiro atoms. The fourth-order valence-electron chi connectivity index (χ4n) is 0.0816. The van der Waals surface area contributed by atoms with Gasteiger partial charge in [0, 0.05) is 0 Å². The van der Waals surface area contributed by atoms with Crippen LogP contribution in [0.3, 0.4) is 0 Å². The van der Waals surface area contributed by atoms with Gasteiger partial charge in [-0.25, -0.2) is 4.79 Å². The van der Waals surface area contributed by atoms with Gasteiger partial charge in [0.15, 0.2) is 0 Å². The fraction of sp³-hybridized carbons (Fsp3) is 0. The molecule has 0 aromatic rings. The van der Waals surface area contributed by atoms with E-state index in [4.69, 9.17) is 5.26 Å². The monoisotopic (exact) mass is 126 g/mol. The van der Waals surface area contributed by atoms with Crippen molar-refractivity contribution in [2.24, 2.45) is 10.2 Å². The van der Waals surface area contributed by atoms with Gasteiger partial charge in [0.05, 0.1) is 0 Å². The number of nitriles is 1. The first-order valence-electron chi connectivity index (χ1n) is 1.48. The predicted octanol–water partition coefficient (Wildman–Crippen LogP) is -0.294. The molecule has 0 aliphatic heterocycles. The number of nitrogens with zero attached hydrogens (tertiary/aromatic N) is 3. The molecule has 0 rings (SSSR count). The number of hydrogen-bond acceptors (Lipinski definition) is 4. The molecule has 0 saturated heterocycles. The largest absolute Gasteiger partial charge is 0.419 e. The maximum Gasteiger partial charge on any atom is 0.419 e. The standard InChI is InChI=1S/C3N3OS/c4-1-8-3-6-5-2-7/q+1. The van der Waals surface area contributed by atoms with Gasteiger partial charge in [-0.05, 0) is 10.2 Å². The van der Waals surface area contributed by atoms with E-state index < -0.39 is 0 Å². The van der Waals surface area contributed by atoms with Crippen molar-refractivity contribution < 1.29 is 4.79 Å².